The zero-order valence-electron chi connectivity index (χ0n) is 13.7. The van der Waals surface area contributed by atoms with Crippen LogP contribution in [0.15, 0.2) is 38.2 Å². The quantitative estimate of drug-likeness (QED) is 0.585. The van der Waals surface area contributed by atoms with Crippen molar-refractivity contribution in [2.45, 2.75) is 19.4 Å². The van der Waals surface area contributed by atoms with Crippen molar-refractivity contribution in [2.75, 3.05) is 7.11 Å². The van der Waals surface area contributed by atoms with E-state index in [0.29, 0.717) is 22.6 Å². The Morgan fingerprint density at radius 3 is 3.00 bits per heavy atom. The van der Waals surface area contributed by atoms with Crippen LogP contribution in [0.4, 0.5) is 0 Å². The number of hydrogen-bond acceptors (Lipinski definition) is 7. The molecule has 0 saturated carbocycles. The predicted octanol–water partition coefficient (Wildman–Crippen LogP) is 2.17. The normalized spacial score (nSPS) is 10.7. The van der Waals surface area contributed by atoms with Crippen LogP contribution >= 0.6 is 15.9 Å². The van der Waals surface area contributed by atoms with Gasteiger partial charge >= 0.3 is 5.97 Å². The SMILES string of the molecule is COC(=O)CCc1nc(Cn2cc(C#N)c(=O)c3cc(Br)ccc32)no1. The molecule has 0 fully saturated rings. The molecule has 2 heterocycles. The molecule has 0 amide bonds. The maximum absolute atomic E-state index is 12.3. The minimum atomic E-state index is -0.361. The molecule has 132 valence electrons. The molecule has 0 aliphatic rings. The van der Waals surface area contributed by atoms with Gasteiger partial charge in [-0.15, -0.1) is 0 Å². The van der Waals surface area contributed by atoms with Crippen LogP contribution in [0.2, 0.25) is 0 Å². The molecule has 0 N–H and O–H groups in total. The van der Waals surface area contributed by atoms with Crippen molar-refractivity contribution in [3.05, 3.63) is 56.4 Å². The molecule has 0 bridgehead atoms. The van der Waals surface area contributed by atoms with Gasteiger partial charge in [0.15, 0.2) is 5.82 Å². The average molecular weight is 417 g/mol. The summed E-state index contributed by atoms with van der Waals surface area (Å²) in [5.41, 5.74) is 0.357. The molecule has 26 heavy (non-hydrogen) atoms. The van der Waals surface area contributed by atoms with E-state index in [1.807, 2.05) is 12.1 Å². The van der Waals surface area contributed by atoms with E-state index in [4.69, 9.17) is 4.52 Å². The summed E-state index contributed by atoms with van der Waals surface area (Å²) >= 11 is 3.33. The molecule has 1 aromatic carbocycles. The maximum Gasteiger partial charge on any atom is 0.306 e. The highest BCUT2D eigenvalue weighted by Gasteiger charge is 2.13. The molecule has 0 aliphatic carbocycles. The van der Waals surface area contributed by atoms with Gasteiger partial charge in [-0.25, -0.2) is 0 Å². The van der Waals surface area contributed by atoms with E-state index in [-0.39, 0.29) is 36.3 Å². The number of aryl methyl sites for hydroxylation is 1. The average Bonchev–Trinajstić information content (AvgIpc) is 3.09. The second-order valence-electron chi connectivity index (χ2n) is 5.45. The van der Waals surface area contributed by atoms with Crippen molar-refractivity contribution >= 4 is 32.8 Å². The Bertz CT molecular complexity index is 1080. The first-order valence-electron chi connectivity index (χ1n) is 7.63. The first-order chi connectivity index (χ1) is 12.5. The third kappa shape index (κ3) is 3.65. The molecular weight excluding hydrogens is 404 g/mol. The molecule has 0 aliphatic heterocycles. The third-order valence-electron chi connectivity index (χ3n) is 3.76. The minimum absolute atomic E-state index is 0.0324. The molecular formula is C17H13BrN4O4. The number of nitrogens with zero attached hydrogens (tertiary/aromatic N) is 4. The molecule has 0 atom stereocenters. The Morgan fingerprint density at radius 1 is 1.46 bits per heavy atom. The number of hydrogen-bond donors (Lipinski definition) is 0. The maximum atomic E-state index is 12.3. The number of ether oxygens (including phenoxy) is 1. The summed E-state index contributed by atoms with van der Waals surface area (Å²) < 4.78 is 12.2. The minimum Gasteiger partial charge on any atom is -0.469 e. The number of carbonyl (C=O) groups is 1. The number of pyridine rings is 1. The van der Waals surface area contributed by atoms with Gasteiger partial charge in [0, 0.05) is 22.5 Å². The Labute approximate surface area is 156 Å². The van der Waals surface area contributed by atoms with E-state index in [1.54, 1.807) is 16.7 Å². The molecule has 0 spiro atoms. The van der Waals surface area contributed by atoms with Gasteiger partial charge in [-0.3, -0.25) is 9.59 Å². The van der Waals surface area contributed by atoms with Crippen LogP contribution in [0, 0.1) is 11.3 Å². The zero-order chi connectivity index (χ0) is 18.7. The molecule has 0 unspecified atom stereocenters. The van der Waals surface area contributed by atoms with Crippen LogP contribution in [0.1, 0.15) is 23.7 Å². The number of esters is 1. The van der Waals surface area contributed by atoms with E-state index < -0.39 is 0 Å². The van der Waals surface area contributed by atoms with Gasteiger partial charge in [0.2, 0.25) is 11.3 Å². The second-order valence-corrected chi connectivity index (χ2v) is 6.37. The monoisotopic (exact) mass is 416 g/mol. The fraction of sp³-hybridized carbons (Fsp3) is 0.235. The van der Waals surface area contributed by atoms with Gasteiger partial charge in [-0.05, 0) is 18.2 Å². The van der Waals surface area contributed by atoms with Gasteiger partial charge in [0.05, 0.1) is 25.6 Å². The number of rotatable bonds is 5. The highest BCUT2D eigenvalue weighted by atomic mass is 79.9. The lowest BCUT2D eigenvalue weighted by Crippen LogP contribution is -2.14. The second kappa shape index (κ2) is 7.49. The number of carbonyl (C=O) groups excluding carboxylic acids is 1. The lowest BCUT2D eigenvalue weighted by atomic mass is 10.1. The summed E-state index contributed by atoms with van der Waals surface area (Å²) in [5.74, 6) is 0.334. The van der Waals surface area contributed by atoms with Crippen molar-refractivity contribution < 1.29 is 14.1 Å². The number of benzene rings is 1. The molecule has 9 heteroatoms. The summed E-state index contributed by atoms with van der Waals surface area (Å²) in [6, 6.07) is 7.17. The van der Waals surface area contributed by atoms with Gasteiger partial charge in [-0.1, -0.05) is 21.1 Å². The lowest BCUT2D eigenvalue weighted by molar-refractivity contribution is -0.140. The van der Waals surface area contributed by atoms with Crippen molar-refractivity contribution in [2.24, 2.45) is 0 Å². The van der Waals surface area contributed by atoms with Crippen molar-refractivity contribution in [1.82, 2.24) is 14.7 Å². The van der Waals surface area contributed by atoms with E-state index in [0.717, 1.165) is 4.47 Å². The topological polar surface area (TPSA) is 111 Å². The molecule has 0 saturated heterocycles. The van der Waals surface area contributed by atoms with E-state index in [1.165, 1.54) is 13.3 Å². The van der Waals surface area contributed by atoms with Crippen LogP contribution in [-0.2, 0) is 22.5 Å². The van der Waals surface area contributed by atoms with Crippen LogP contribution in [0.5, 0.6) is 0 Å². The van der Waals surface area contributed by atoms with E-state index >= 15 is 0 Å². The largest absolute Gasteiger partial charge is 0.469 e. The smallest absolute Gasteiger partial charge is 0.306 e. The van der Waals surface area contributed by atoms with E-state index in [2.05, 4.69) is 30.8 Å². The van der Waals surface area contributed by atoms with E-state index in [9.17, 15) is 14.9 Å². The Morgan fingerprint density at radius 2 is 2.27 bits per heavy atom. The fourth-order valence-corrected chi connectivity index (χ4v) is 2.86. The molecule has 2 aromatic heterocycles. The lowest BCUT2D eigenvalue weighted by Gasteiger charge is -2.09. The number of aromatic nitrogens is 3. The first-order valence-corrected chi connectivity index (χ1v) is 8.42. The van der Waals surface area contributed by atoms with Crippen LogP contribution < -0.4 is 5.43 Å². The highest BCUT2D eigenvalue weighted by Crippen LogP contribution is 2.19. The van der Waals surface area contributed by atoms with Crippen molar-refractivity contribution in [1.29, 1.82) is 5.26 Å². The fourth-order valence-electron chi connectivity index (χ4n) is 2.50. The van der Waals surface area contributed by atoms with Crippen LogP contribution in [0.25, 0.3) is 10.9 Å². The molecule has 3 aromatic rings. The molecule has 3 rings (SSSR count). The summed E-state index contributed by atoms with van der Waals surface area (Å²) in [4.78, 5) is 27.8. The summed E-state index contributed by atoms with van der Waals surface area (Å²) in [6.07, 6.45) is 1.90. The summed E-state index contributed by atoms with van der Waals surface area (Å²) in [5, 5.41) is 13.5. The van der Waals surface area contributed by atoms with Crippen LogP contribution in [-0.4, -0.2) is 27.8 Å². The Hall–Kier alpha value is -2.99. The standard InChI is InChI=1S/C17H13BrN4O4/c1-25-16(23)5-4-15-20-14(21-26-15)9-22-8-10(7-19)17(24)12-6-11(18)2-3-13(12)22/h2-3,6,8H,4-5,9H2,1H3. The first kappa shape index (κ1) is 17.8. The Kier molecular flexibility index (Phi) is 5.14. The molecule has 8 nitrogen and oxygen atoms in total. The summed E-state index contributed by atoms with van der Waals surface area (Å²) in [7, 11) is 1.31. The van der Waals surface area contributed by atoms with Crippen LogP contribution in [0.3, 0.4) is 0 Å². The van der Waals surface area contributed by atoms with Gasteiger partial charge < -0.3 is 13.8 Å². The number of halogens is 1. The number of fused-ring (bicyclic) bond motifs is 1. The van der Waals surface area contributed by atoms with Gasteiger partial charge in [0.1, 0.15) is 11.6 Å². The summed E-state index contributed by atoms with van der Waals surface area (Å²) in [6.45, 7) is 0.217. The van der Waals surface area contributed by atoms with Gasteiger partial charge in [0.25, 0.3) is 0 Å². The zero-order valence-corrected chi connectivity index (χ0v) is 15.3. The molecule has 0 radical (unpaired) electrons. The van der Waals surface area contributed by atoms with Gasteiger partial charge in [-0.2, -0.15) is 10.2 Å². The van der Waals surface area contributed by atoms with Crippen molar-refractivity contribution in [3.8, 4) is 6.07 Å². The number of methoxy groups -OCH3 is 1. The highest BCUT2D eigenvalue weighted by molar-refractivity contribution is 9.10. The number of nitriles is 1. The third-order valence-corrected chi connectivity index (χ3v) is 4.25. The van der Waals surface area contributed by atoms with Crippen molar-refractivity contribution in [3.63, 3.8) is 0 Å². The Balaban J connectivity index is 1.93. The predicted molar refractivity (Wildman–Crippen MR) is 94.4 cm³/mol.